The molecular weight excluding hydrogens is 478 g/mol. The largest absolute Gasteiger partial charge is 0.461 e. The normalized spacial score (nSPS) is 13.0. The molecule has 1 aromatic carbocycles. The molecule has 1 unspecified atom stereocenters. The predicted molar refractivity (Wildman–Crippen MR) is 138 cm³/mol. The van der Waals surface area contributed by atoms with E-state index in [1.165, 1.54) is 4.90 Å². The first-order chi connectivity index (χ1) is 16.8. The van der Waals surface area contributed by atoms with Gasteiger partial charge in [-0.15, -0.1) is 0 Å². The van der Waals surface area contributed by atoms with Crippen LogP contribution in [0.15, 0.2) is 30.3 Å². The third-order valence-electron chi connectivity index (χ3n) is 4.49. The first kappa shape index (κ1) is 32.1. The smallest absolute Gasteiger partial charge is 0.323 e. The fraction of sp³-hybridized carbons (Fsp3) is 0.643. The van der Waals surface area contributed by atoms with Crippen LogP contribution in [0.5, 0.6) is 0 Å². The molecule has 0 aromatic heterocycles. The first-order valence-corrected chi connectivity index (χ1v) is 12.4. The molecule has 1 rings (SSSR count). The monoisotopic (exact) mass is 521 g/mol. The van der Waals surface area contributed by atoms with Crippen molar-refractivity contribution in [3.8, 4) is 0 Å². The van der Waals surface area contributed by atoms with Crippen LogP contribution in [-0.4, -0.2) is 64.7 Å². The molecule has 1 aromatic rings. The van der Waals surface area contributed by atoms with E-state index in [-0.39, 0.29) is 32.5 Å². The van der Waals surface area contributed by atoms with Crippen molar-refractivity contribution in [1.29, 1.82) is 0 Å². The molecule has 208 valence electrons. The van der Waals surface area contributed by atoms with Gasteiger partial charge in [0.2, 0.25) is 0 Å². The lowest BCUT2D eigenvalue weighted by atomic mass is 10.1. The van der Waals surface area contributed by atoms with Gasteiger partial charge in [0.1, 0.15) is 29.5 Å². The van der Waals surface area contributed by atoms with E-state index in [0.717, 1.165) is 5.56 Å². The summed E-state index contributed by atoms with van der Waals surface area (Å²) in [5.74, 6) is -2.45. The Morgan fingerprint density at radius 3 is 1.59 bits per heavy atom. The zero-order chi connectivity index (χ0) is 28.4. The van der Waals surface area contributed by atoms with Crippen LogP contribution in [0.3, 0.4) is 0 Å². The lowest BCUT2D eigenvalue weighted by molar-refractivity contribution is -0.168. The maximum Gasteiger partial charge on any atom is 0.323 e. The molecule has 0 amide bonds. The fourth-order valence-electron chi connectivity index (χ4n) is 3.24. The molecule has 0 heterocycles. The number of benzene rings is 1. The molecule has 0 bridgehead atoms. The second-order valence-corrected chi connectivity index (χ2v) is 11.8. The third kappa shape index (κ3) is 15.0. The minimum Gasteiger partial charge on any atom is -0.461 e. The Hall–Kier alpha value is -2.94. The second kappa shape index (κ2) is 13.6. The van der Waals surface area contributed by atoms with Crippen molar-refractivity contribution in [3.05, 3.63) is 35.9 Å². The van der Waals surface area contributed by atoms with Gasteiger partial charge in [-0.05, 0) is 74.3 Å². The molecule has 1 atom stereocenters. The van der Waals surface area contributed by atoms with Crippen molar-refractivity contribution in [3.63, 3.8) is 0 Å². The van der Waals surface area contributed by atoms with E-state index in [9.17, 15) is 19.2 Å². The van der Waals surface area contributed by atoms with Crippen molar-refractivity contribution < 1.29 is 38.1 Å². The highest BCUT2D eigenvalue weighted by Crippen LogP contribution is 2.18. The maximum atomic E-state index is 13.2. The number of hydrogen-bond acceptors (Lipinski definition) is 9. The Labute approximate surface area is 220 Å². The van der Waals surface area contributed by atoms with Crippen molar-refractivity contribution in [2.75, 3.05) is 13.1 Å². The first-order valence-electron chi connectivity index (χ1n) is 12.4. The van der Waals surface area contributed by atoms with E-state index in [1.807, 2.05) is 30.3 Å². The summed E-state index contributed by atoms with van der Waals surface area (Å²) in [4.78, 5) is 52.4. The topological polar surface area (TPSA) is 108 Å². The Morgan fingerprint density at radius 1 is 0.703 bits per heavy atom. The molecule has 9 nitrogen and oxygen atoms in total. The molecule has 0 fully saturated rings. The Kier molecular flexibility index (Phi) is 11.8. The van der Waals surface area contributed by atoms with Gasteiger partial charge < -0.3 is 18.9 Å². The van der Waals surface area contributed by atoms with Gasteiger partial charge in [-0.1, -0.05) is 30.3 Å². The van der Waals surface area contributed by atoms with Crippen LogP contribution in [0.2, 0.25) is 0 Å². The summed E-state index contributed by atoms with van der Waals surface area (Å²) in [5, 5.41) is 0. The molecule has 0 spiro atoms. The predicted octanol–water partition coefficient (Wildman–Crippen LogP) is 4.21. The number of carbonyl (C=O) groups excluding carboxylic acids is 4. The van der Waals surface area contributed by atoms with E-state index in [4.69, 9.17) is 18.9 Å². The second-order valence-electron chi connectivity index (χ2n) is 11.8. The zero-order valence-electron chi connectivity index (χ0n) is 23.7. The van der Waals surface area contributed by atoms with Crippen LogP contribution in [0.1, 0.15) is 80.7 Å². The van der Waals surface area contributed by atoms with Crippen molar-refractivity contribution >= 4 is 23.9 Å². The standard InChI is InChI=1S/C28H43NO8/c1-26(2,3)35-23(31)17-29(18-24(32)36-27(4,5)6)21(25(33)37-28(7,8)9)15-16-22(30)34-19-20-13-11-10-12-14-20/h10-14,21H,15-19H2,1-9H3. The summed E-state index contributed by atoms with van der Waals surface area (Å²) in [6.07, 6.45) is -0.163. The van der Waals surface area contributed by atoms with Gasteiger partial charge in [0.25, 0.3) is 0 Å². The van der Waals surface area contributed by atoms with Crippen LogP contribution >= 0.6 is 0 Å². The fourth-order valence-corrected chi connectivity index (χ4v) is 3.24. The number of rotatable bonds is 11. The molecule has 9 heteroatoms. The number of hydrogen-bond donors (Lipinski definition) is 0. The quantitative estimate of drug-likeness (QED) is 0.312. The van der Waals surface area contributed by atoms with E-state index < -0.39 is 46.7 Å². The van der Waals surface area contributed by atoms with Crippen LogP contribution in [0.25, 0.3) is 0 Å². The summed E-state index contributed by atoms with van der Waals surface area (Å²) in [6.45, 7) is 14.8. The van der Waals surface area contributed by atoms with Gasteiger partial charge in [0.15, 0.2) is 0 Å². The molecule has 37 heavy (non-hydrogen) atoms. The Balaban J connectivity index is 3.11. The summed E-state index contributed by atoms with van der Waals surface area (Å²) in [7, 11) is 0. The minimum atomic E-state index is -1.09. The van der Waals surface area contributed by atoms with E-state index >= 15 is 0 Å². The van der Waals surface area contributed by atoms with E-state index in [0.29, 0.717) is 0 Å². The van der Waals surface area contributed by atoms with Crippen LogP contribution < -0.4 is 0 Å². The SMILES string of the molecule is CC(C)(C)OC(=O)CN(CC(=O)OC(C)(C)C)C(CCC(=O)OCc1ccccc1)C(=O)OC(C)(C)C. The van der Waals surface area contributed by atoms with Gasteiger partial charge in [-0.3, -0.25) is 24.1 Å². The lowest BCUT2D eigenvalue weighted by Gasteiger charge is -2.32. The number of nitrogens with zero attached hydrogens (tertiary/aromatic N) is 1. The molecule has 0 aliphatic rings. The lowest BCUT2D eigenvalue weighted by Crippen LogP contribution is -2.50. The average Bonchev–Trinajstić information content (AvgIpc) is 2.68. The molecule has 0 radical (unpaired) electrons. The van der Waals surface area contributed by atoms with Gasteiger partial charge >= 0.3 is 23.9 Å². The minimum absolute atomic E-state index is 0.0336. The zero-order valence-corrected chi connectivity index (χ0v) is 23.7. The Morgan fingerprint density at radius 2 is 1.16 bits per heavy atom. The molecular formula is C28H43NO8. The number of ether oxygens (including phenoxy) is 4. The van der Waals surface area contributed by atoms with Crippen molar-refractivity contribution in [2.45, 2.75) is 105 Å². The highest BCUT2D eigenvalue weighted by molar-refractivity contribution is 5.81. The highest BCUT2D eigenvalue weighted by Gasteiger charge is 2.35. The van der Waals surface area contributed by atoms with Gasteiger partial charge in [-0.2, -0.15) is 0 Å². The van der Waals surface area contributed by atoms with Gasteiger partial charge in [0, 0.05) is 6.42 Å². The molecule has 0 N–H and O–H groups in total. The van der Waals surface area contributed by atoms with E-state index in [1.54, 1.807) is 62.3 Å². The Bertz CT molecular complexity index is 877. The van der Waals surface area contributed by atoms with Gasteiger partial charge in [-0.25, -0.2) is 0 Å². The summed E-state index contributed by atoms with van der Waals surface area (Å²) in [5.41, 5.74) is -1.53. The maximum absolute atomic E-state index is 13.2. The summed E-state index contributed by atoms with van der Waals surface area (Å²) >= 11 is 0. The summed E-state index contributed by atoms with van der Waals surface area (Å²) in [6, 6.07) is 8.12. The van der Waals surface area contributed by atoms with Crippen LogP contribution in [-0.2, 0) is 44.7 Å². The van der Waals surface area contributed by atoms with Crippen molar-refractivity contribution in [2.24, 2.45) is 0 Å². The molecule has 0 saturated carbocycles. The molecule has 0 aliphatic heterocycles. The molecule has 0 saturated heterocycles. The highest BCUT2D eigenvalue weighted by atomic mass is 16.6. The number of carbonyl (C=O) groups is 4. The third-order valence-corrected chi connectivity index (χ3v) is 4.49. The molecule has 0 aliphatic carbocycles. The van der Waals surface area contributed by atoms with Gasteiger partial charge in [0.05, 0.1) is 13.1 Å². The summed E-state index contributed by atoms with van der Waals surface area (Å²) < 4.78 is 21.7. The number of esters is 4. The van der Waals surface area contributed by atoms with Crippen LogP contribution in [0, 0.1) is 0 Å². The van der Waals surface area contributed by atoms with E-state index in [2.05, 4.69) is 0 Å². The average molecular weight is 522 g/mol. The van der Waals surface area contributed by atoms with Crippen molar-refractivity contribution in [1.82, 2.24) is 4.90 Å². The van der Waals surface area contributed by atoms with Crippen LogP contribution in [0.4, 0.5) is 0 Å².